The van der Waals surface area contributed by atoms with Crippen LogP contribution >= 0.6 is 11.8 Å². The van der Waals surface area contributed by atoms with Gasteiger partial charge in [-0.25, -0.2) is 0 Å². The number of hydrogen-bond donors (Lipinski definition) is 1. The van der Waals surface area contributed by atoms with E-state index in [0.717, 1.165) is 48.9 Å². The van der Waals surface area contributed by atoms with Crippen LogP contribution in [0.15, 0.2) is 30.9 Å². The molecule has 2 unspecified atom stereocenters. The number of ether oxygens (including phenoxy) is 1. The number of unbranched alkanes of at least 4 members (excludes halogenated alkanes) is 3. The van der Waals surface area contributed by atoms with Crippen molar-refractivity contribution in [2.24, 2.45) is 11.8 Å². The van der Waals surface area contributed by atoms with E-state index >= 15 is 0 Å². The predicted octanol–water partition coefficient (Wildman–Crippen LogP) is 4.42. The third-order valence-electron chi connectivity index (χ3n) is 8.59. The molecule has 38 heavy (non-hydrogen) atoms. The first-order chi connectivity index (χ1) is 18.1. The number of esters is 1. The fraction of sp³-hybridized carbons (Fsp3) is 0.633. The fourth-order valence-electron chi connectivity index (χ4n) is 6.88. The molecule has 0 radical (unpaired) electrons. The number of thioether (sulfide) groups is 1. The largest absolute Gasteiger partial charge is 0.466 e. The van der Waals surface area contributed by atoms with Crippen molar-refractivity contribution in [1.29, 1.82) is 0 Å². The quantitative estimate of drug-likeness (QED) is 0.239. The maximum atomic E-state index is 14.6. The highest BCUT2D eigenvalue weighted by Crippen LogP contribution is 2.71. The maximum Gasteiger partial charge on any atom is 0.311 e. The van der Waals surface area contributed by atoms with Crippen LogP contribution in [0.5, 0.6) is 0 Å². The van der Waals surface area contributed by atoms with Gasteiger partial charge in [0.05, 0.1) is 23.2 Å². The Balaban J connectivity index is 1.76. The number of benzene rings is 1. The Bertz CT molecular complexity index is 1090. The van der Waals surface area contributed by atoms with Gasteiger partial charge in [-0.05, 0) is 70.6 Å². The number of aliphatic hydroxyl groups is 1. The number of fused-ring (bicyclic) bond motifs is 1. The zero-order valence-electron chi connectivity index (χ0n) is 23.2. The molecule has 3 heterocycles. The molecule has 0 aromatic heterocycles. The van der Waals surface area contributed by atoms with Crippen molar-refractivity contribution in [2.75, 3.05) is 31.2 Å². The minimum Gasteiger partial charge on any atom is -0.466 e. The number of anilines is 1. The van der Waals surface area contributed by atoms with Gasteiger partial charge < -0.3 is 19.6 Å². The van der Waals surface area contributed by atoms with Crippen molar-refractivity contribution < 1.29 is 24.2 Å². The number of nitrogens with zero attached hydrogens (tertiary/aromatic N) is 2. The Hall–Kier alpha value is -2.32. The minimum atomic E-state index is -0.664. The number of carbonyl (C=O) groups is 3. The van der Waals surface area contributed by atoms with Gasteiger partial charge in [0.25, 0.3) is 5.91 Å². The first kappa shape index (κ1) is 28.7. The Morgan fingerprint density at radius 2 is 1.97 bits per heavy atom. The van der Waals surface area contributed by atoms with Gasteiger partial charge in [-0.2, -0.15) is 0 Å². The summed E-state index contributed by atoms with van der Waals surface area (Å²) in [4.78, 5) is 45.6. The van der Waals surface area contributed by atoms with E-state index in [0.29, 0.717) is 19.5 Å². The summed E-state index contributed by atoms with van der Waals surface area (Å²) in [6.45, 7) is 13.0. The molecule has 1 aromatic rings. The third kappa shape index (κ3) is 4.79. The molecule has 1 spiro atoms. The molecule has 8 heteroatoms. The number of hydrogen-bond acceptors (Lipinski definition) is 6. The second-order valence-corrected chi connectivity index (χ2v) is 13.1. The summed E-state index contributed by atoms with van der Waals surface area (Å²) in [5.41, 5.74) is 2.87. The van der Waals surface area contributed by atoms with Crippen molar-refractivity contribution in [3.63, 3.8) is 0 Å². The highest BCUT2D eigenvalue weighted by molar-refractivity contribution is 8.02. The molecule has 3 aliphatic heterocycles. The van der Waals surface area contributed by atoms with Crippen LogP contribution in [0, 0.1) is 25.7 Å². The number of likely N-dealkylation sites (tertiary alicyclic amines) is 1. The second kappa shape index (κ2) is 11.4. The predicted molar refractivity (Wildman–Crippen MR) is 151 cm³/mol. The van der Waals surface area contributed by atoms with Crippen molar-refractivity contribution in [2.45, 2.75) is 81.8 Å². The average molecular weight is 543 g/mol. The van der Waals surface area contributed by atoms with Gasteiger partial charge in [0.1, 0.15) is 6.04 Å². The van der Waals surface area contributed by atoms with Crippen LogP contribution in [-0.2, 0) is 19.1 Å². The Labute approximate surface area is 231 Å². The van der Waals surface area contributed by atoms with E-state index in [1.165, 1.54) is 0 Å². The molecule has 3 aliphatic rings. The molecular formula is C30H42N2O5S. The van der Waals surface area contributed by atoms with Crippen molar-refractivity contribution in [3.05, 3.63) is 42.0 Å². The van der Waals surface area contributed by atoms with E-state index < -0.39 is 27.4 Å². The molecule has 2 amide bonds. The lowest BCUT2D eigenvalue weighted by molar-refractivity contribution is -0.155. The van der Waals surface area contributed by atoms with Gasteiger partial charge in [0.15, 0.2) is 0 Å². The highest BCUT2D eigenvalue weighted by atomic mass is 32.2. The molecular weight excluding hydrogens is 500 g/mol. The standard InChI is InChI=1S/C30H42N2O5S/c1-6-16-31(22-19-20(3)12-13-21(22)4)27(35)25-30-15-14-29(5,38-30)24(28(36)37-7-2)23(30)26(34)32(25)17-10-8-9-11-18-33/h6,12-13,19,23-25,33H,1,7-11,14-18H2,2-5H3/t23-,24+,25?,29-,30?/m0/s1. The van der Waals surface area contributed by atoms with E-state index in [4.69, 9.17) is 9.84 Å². The normalized spacial score (nSPS) is 29.4. The number of amides is 2. The summed E-state index contributed by atoms with van der Waals surface area (Å²) >= 11 is 1.67. The molecule has 5 atom stereocenters. The van der Waals surface area contributed by atoms with Crippen molar-refractivity contribution >= 4 is 35.2 Å². The van der Waals surface area contributed by atoms with Crippen LogP contribution in [-0.4, -0.2) is 69.6 Å². The molecule has 1 aromatic carbocycles. The average Bonchev–Trinajstić information content (AvgIpc) is 3.44. The van der Waals surface area contributed by atoms with Crippen molar-refractivity contribution in [3.8, 4) is 0 Å². The van der Waals surface area contributed by atoms with Crippen molar-refractivity contribution in [1.82, 2.24) is 4.90 Å². The maximum absolute atomic E-state index is 14.6. The molecule has 0 saturated carbocycles. The molecule has 4 rings (SSSR count). The van der Waals surface area contributed by atoms with E-state index in [9.17, 15) is 14.4 Å². The highest BCUT2D eigenvalue weighted by Gasteiger charge is 2.77. The number of aryl methyl sites for hydroxylation is 2. The van der Waals surface area contributed by atoms with E-state index in [1.807, 2.05) is 32.0 Å². The van der Waals surface area contributed by atoms with E-state index in [2.05, 4.69) is 13.5 Å². The third-order valence-corrected chi connectivity index (χ3v) is 10.6. The zero-order valence-corrected chi connectivity index (χ0v) is 24.0. The molecule has 2 bridgehead atoms. The monoisotopic (exact) mass is 542 g/mol. The van der Waals surface area contributed by atoms with Gasteiger partial charge in [0, 0.05) is 30.1 Å². The first-order valence-corrected chi connectivity index (χ1v) is 14.7. The summed E-state index contributed by atoms with van der Waals surface area (Å²) in [7, 11) is 0. The van der Waals surface area contributed by atoms with Gasteiger partial charge in [-0.15, -0.1) is 18.3 Å². The number of carbonyl (C=O) groups excluding carboxylic acids is 3. The molecule has 7 nitrogen and oxygen atoms in total. The Morgan fingerprint density at radius 3 is 2.66 bits per heavy atom. The Kier molecular flexibility index (Phi) is 8.62. The number of aliphatic hydroxyl groups excluding tert-OH is 1. The lowest BCUT2D eigenvalue weighted by Crippen LogP contribution is -2.55. The summed E-state index contributed by atoms with van der Waals surface area (Å²) < 4.78 is 4.39. The van der Waals surface area contributed by atoms with Gasteiger partial charge in [-0.3, -0.25) is 14.4 Å². The van der Waals surface area contributed by atoms with Gasteiger partial charge >= 0.3 is 5.97 Å². The lowest BCUT2D eigenvalue weighted by atomic mass is 9.66. The van der Waals surface area contributed by atoms with Crippen LogP contribution in [0.25, 0.3) is 0 Å². The summed E-state index contributed by atoms with van der Waals surface area (Å²) in [5.74, 6) is -1.65. The van der Waals surface area contributed by atoms with Gasteiger partial charge in [0.2, 0.25) is 5.91 Å². The molecule has 0 aliphatic carbocycles. The SMILES string of the molecule is C=CCN(C(=O)C1N(CCCCCCO)C(=O)[C@@H]2[C@H](C(=O)OCC)[C@]3(C)CCC12S3)c1cc(C)ccc1C. The van der Waals surface area contributed by atoms with Crippen LogP contribution in [0.4, 0.5) is 5.69 Å². The van der Waals surface area contributed by atoms with E-state index in [1.54, 1.807) is 34.6 Å². The van der Waals surface area contributed by atoms with Crippen LogP contribution in [0.1, 0.15) is 63.5 Å². The summed E-state index contributed by atoms with van der Waals surface area (Å²) in [6.07, 6.45) is 6.41. The van der Waals surface area contributed by atoms with Crippen LogP contribution in [0.3, 0.4) is 0 Å². The zero-order chi connectivity index (χ0) is 27.7. The lowest BCUT2D eigenvalue weighted by Gasteiger charge is -2.37. The molecule has 3 fully saturated rings. The second-order valence-electron chi connectivity index (χ2n) is 11.2. The smallest absolute Gasteiger partial charge is 0.311 e. The van der Waals surface area contributed by atoms with Crippen LogP contribution < -0.4 is 4.90 Å². The molecule has 3 saturated heterocycles. The van der Waals surface area contributed by atoms with Gasteiger partial charge in [-0.1, -0.05) is 31.1 Å². The summed E-state index contributed by atoms with van der Waals surface area (Å²) in [5, 5.41) is 9.15. The van der Waals surface area contributed by atoms with Crippen LogP contribution in [0.2, 0.25) is 0 Å². The summed E-state index contributed by atoms with van der Waals surface area (Å²) in [6, 6.07) is 5.40. The Morgan fingerprint density at radius 1 is 1.24 bits per heavy atom. The number of rotatable bonds is 12. The molecule has 1 N–H and O–H groups in total. The fourth-order valence-corrected chi connectivity index (χ4v) is 9.22. The first-order valence-electron chi connectivity index (χ1n) is 13.9. The van der Waals surface area contributed by atoms with E-state index in [-0.39, 0.29) is 31.0 Å². The molecule has 208 valence electrons. The minimum absolute atomic E-state index is 0.0981. The topological polar surface area (TPSA) is 87.2 Å².